The highest BCUT2D eigenvalue weighted by atomic mass is 16.5. The average molecular weight is 453 g/mol. The van der Waals surface area contributed by atoms with E-state index in [4.69, 9.17) is 9.15 Å². The molecule has 1 aromatic heterocycles. The van der Waals surface area contributed by atoms with E-state index in [2.05, 4.69) is 0 Å². The molecule has 3 aromatic carbocycles. The standard InChI is InChI=1S/C27H19NO6/c29-19-12-8-17(9-13-19)24-23(25(30)22-7-4-16-33-22)26(31)27(32)28(24)18-10-14-21(15-11-18)34-20-5-2-1-3-6-20/h1-16,24,29,31H. The number of carbonyl (C=O) groups is 2. The first-order valence-electron chi connectivity index (χ1n) is 10.5. The van der Waals surface area contributed by atoms with Crippen molar-refractivity contribution in [3.63, 3.8) is 0 Å². The van der Waals surface area contributed by atoms with Crippen molar-refractivity contribution in [2.45, 2.75) is 6.04 Å². The summed E-state index contributed by atoms with van der Waals surface area (Å²) in [6.45, 7) is 0. The van der Waals surface area contributed by atoms with Crippen LogP contribution in [0.2, 0.25) is 0 Å². The summed E-state index contributed by atoms with van der Waals surface area (Å²) < 4.78 is 11.0. The number of rotatable bonds is 6. The summed E-state index contributed by atoms with van der Waals surface area (Å²) in [6, 6.07) is 24.2. The molecule has 7 heteroatoms. The van der Waals surface area contributed by atoms with Crippen LogP contribution in [0.25, 0.3) is 0 Å². The largest absolute Gasteiger partial charge is 0.508 e. The van der Waals surface area contributed by atoms with Crippen molar-refractivity contribution in [1.82, 2.24) is 0 Å². The average Bonchev–Trinajstić information content (AvgIpc) is 3.48. The van der Waals surface area contributed by atoms with E-state index in [1.54, 1.807) is 42.5 Å². The zero-order chi connectivity index (χ0) is 23.7. The van der Waals surface area contributed by atoms with Gasteiger partial charge in [-0.1, -0.05) is 30.3 Å². The van der Waals surface area contributed by atoms with Crippen LogP contribution in [0, 0.1) is 0 Å². The molecule has 1 aliphatic heterocycles. The Kier molecular flexibility index (Phi) is 5.35. The molecule has 0 saturated carbocycles. The summed E-state index contributed by atoms with van der Waals surface area (Å²) in [4.78, 5) is 27.7. The van der Waals surface area contributed by atoms with Gasteiger partial charge in [0.25, 0.3) is 5.91 Å². The molecule has 0 bridgehead atoms. The first kappa shape index (κ1) is 21.1. The molecule has 7 nitrogen and oxygen atoms in total. The molecule has 1 aliphatic rings. The van der Waals surface area contributed by atoms with Crippen molar-refractivity contribution in [2.24, 2.45) is 0 Å². The number of carbonyl (C=O) groups excluding carboxylic acids is 2. The lowest BCUT2D eigenvalue weighted by Gasteiger charge is -2.27. The Balaban J connectivity index is 1.53. The summed E-state index contributed by atoms with van der Waals surface area (Å²) >= 11 is 0. The van der Waals surface area contributed by atoms with Gasteiger partial charge < -0.3 is 19.4 Å². The third-order valence-electron chi connectivity index (χ3n) is 5.50. The van der Waals surface area contributed by atoms with E-state index >= 15 is 0 Å². The van der Waals surface area contributed by atoms with Crippen LogP contribution >= 0.6 is 0 Å². The second-order valence-corrected chi connectivity index (χ2v) is 7.65. The predicted molar refractivity (Wildman–Crippen MR) is 124 cm³/mol. The Morgan fingerprint density at radius 3 is 2.15 bits per heavy atom. The molecule has 0 aliphatic carbocycles. The van der Waals surface area contributed by atoms with Crippen molar-refractivity contribution < 1.29 is 29.0 Å². The van der Waals surface area contributed by atoms with Gasteiger partial charge in [0, 0.05) is 5.69 Å². The maximum atomic E-state index is 13.2. The second-order valence-electron chi connectivity index (χ2n) is 7.65. The van der Waals surface area contributed by atoms with Gasteiger partial charge in [0.05, 0.1) is 17.9 Å². The molecule has 1 unspecified atom stereocenters. The van der Waals surface area contributed by atoms with Gasteiger partial charge in [-0.3, -0.25) is 14.5 Å². The molecule has 0 fully saturated rings. The smallest absolute Gasteiger partial charge is 0.294 e. The molecular formula is C27H19NO6. The van der Waals surface area contributed by atoms with E-state index in [0.29, 0.717) is 22.7 Å². The summed E-state index contributed by atoms with van der Waals surface area (Å²) in [5, 5.41) is 20.5. The highest BCUT2D eigenvalue weighted by Gasteiger charge is 2.45. The minimum absolute atomic E-state index is 0.00610. The number of amides is 1. The van der Waals surface area contributed by atoms with Gasteiger partial charge in [-0.25, -0.2) is 0 Å². The highest BCUT2D eigenvalue weighted by Crippen LogP contribution is 2.42. The number of aliphatic hydroxyl groups is 1. The van der Waals surface area contributed by atoms with Crippen molar-refractivity contribution in [3.8, 4) is 17.2 Å². The van der Waals surface area contributed by atoms with Crippen LogP contribution in [0.3, 0.4) is 0 Å². The SMILES string of the molecule is O=C(C1=C(O)C(=O)N(c2ccc(Oc3ccccc3)cc2)C1c1ccc(O)cc1)c1ccco1. The Labute approximate surface area is 194 Å². The Hall–Kier alpha value is -4.78. The zero-order valence-corrected chi connectivity index (χ0v) is 17.8. The van der Waals surface area contributed by atoms with E-state index in [1.807, 2.05) is 30.3 Å². The number of anilines is 1. The number of ether oxygens (including phenoxy) is 1. The van der Waals surface area contributed by atoms with E-state index < -0.39 is 23.5 Å². The molecule has 2 N–H and O–H groups in total. The number of aliphatic hydroxyl groups excluding tert-OH is 1. The van der Waals surface area contributed by atoms with Crippen LogP contribution in [0.4, 0.5) is 5.69 Å². The molecule has 5 rings (SSSR count). The van der Waals surface area contributed by atoms with Crippen molar-refractivity contribution >= 4 is 17.4 Å². The maximum Gasteiger partial charge on any atom is 0.294 e. The summed E-state index contributed by atoms with van der Waals surface area (Å²) in [7, 11) is 0. The summed E-state index contributed by atoms with van der Waals surface area (Å²) in [5.41, 5.74) is 0.891. The predicted octanol–water partition coefficient (Wildman–Crippen LogP) is 5.56. The van der Waals surface area contributed by atoms with E-state index in [1.165, 1.54) is 29.4 Å². The molecule has 0 saturated heterocycles. The van der Waals surface area contributed by atoms with Gasteiger partial charge in [0.15, 0.2) is 11.5 Å². The van der Waals surface area contributed by atoms with Gasteiger partial charge in [0.1, 0.15) is 17.2 Å². The minimum atomic E-state index is -0.924. The highest BCUT2D eigenvalue weighted by molar-refractivity contribution is 6.20. The second kappa shape index (κ2) is 8.63. The molecular weight excluding hydrogens is 434 g/mol. The van der Waals surface area contributed by atoms with Gasteiger partial charge in [-0.2, -0.15) is 0 Å². The molecule has 4 aromatic rings. The zero-order valence-electron chi connectivity index (χ0n) is 17.8. The number of furan rings is 1. The first-order valence-corrected chi connectivity index (χ1v) is 10.5. The molecule has 34 heavy (non-hydrogen) atoms. The fourth-order valence-electron chi connectivity index (χ4n) is 3.92. The number of aromatic hydroxyl groups is 1. The Bertz CT molecular complexity index is 1360. The molecule has 1 atom stereocenters. The van der Waals surface area contributed by atoms with Crippen LogP contribution < -0.4 is 9.64 Å². The van der Waals surface area contributed by atoms with Crippen LogP contribution in [0.5, 0.6) is 17.2 Å². The van der Waals surface area contributed by atoms with Gasteiger partial charge >= 0.3 is 0 Å². The number of Topliss-reactive ketones (excluding diaryl/α,β-unsaturated/α-hetero) is 1. The third-order valence-corrected chi connectivity index (χ3v) is 5.50. The first-order chi connectivity index (χ1) is 16.5. The van der Waals surface area contributed by atoms with Gasteiger partial charge in [-0.15, -0.1) is 0 Å². The van der Waals surface area contributed by atoms with Crippen LogP contribution in [-0.4, -0.2) is 21.9 Å². The Morgan fingerprint density at radius 1 is 0.824 bits per heavy atom. The fourth-order valence-corrected chi connectivity index (χ4v) is 3.92. The van der Waals surface area contributed by atoms with E-state index in [9.17, 15) is 19.8 Å². The quantitative estimate of drug-likeness (QED) is 0.371. The topological polar surface area (TPSA) is 100 Å². The van der Waals surface area contributed by atoms with Crippen molar-refractivity contribution in [3.05, 3.63) is 120 Å². The van der Waals surface area contributed by atoms with E-state index in [0.717, 1.165) is 0 Å². The molecule has 0 spiro atoms. The number of hydrogen-bond acceptors (Lipinski definition) is 6. The van der Waals surface area contributed by atoms with Crippen molar-refractivity contribution in [2.75, 3.05) is 4.90 Å². The number of nitrogens with zero attached hydrogens (tertiary/aromatic N) is 1. The number of para-hydroxylation sites is 1. The Morgan fingerprint density at radius 2 is 1.50 bits per heavy atom. The van der Waals surface area contributed by atoms with Gasteiger partial charge in [0.2, 0.25) is 5.78 Å². The number of ketones is 1. The van der Waals surface area contributed by atoms with E-state index in [-0.39, 0.29) is 17.1 Å². The van der Waals surface area contributed by atoms with Gasteiger partial charge in [-0.05, 0) is 66.2 Å². The molecule has 0 radical (unpaired) electrons. The lowest BCUT2D eigenvalue weighted by atomic mass is 9.94. The number of hydrogen-bond donors (Lipinski definition) is 2. The minimum Gasteiger partial charge on any atom is -0.508 e. The molecule has 1 amide bonds. The fraction of sp³-hybridized carbons (Fsp3) is 0.0370. The lowest BCUT2D eigenvalue weighted by molar-refractivity contribution is -0.117. The van der Waals surface area contributed by atoms with Crippen molar-refractivity contribution in [1.29, 1.82) is 0 Å². The number of benzene rings is 3. The van der Waals surface area contributed by atoms with Crippen LogP contribution in [0.15, 0.2) is 113 Å². The lowest BCUT2D eigenvalue weighted by Crippen LogP contribution is -2.31. The number of phenols is 1. The summed E-state index contributed by atoms with van der Waals surface area (Å²) in [6.07, 6.45) is 1.35. The summed E-state index contributed by atoms with van der Waals surface area (Å²) in [5.74, 6) is -0.693. The number of phenolic OH excluding ortho intramolecular Hbond substituents is 1. The third kappa shape index (κ3) is 3.80. The monoisotopic (exact) mass is 453 g/mol. The van der Waals surface area contributed by atoms with Crippen LogP contribution in [0.1, 0.15) is 22.2 Å². The normalized spacial score (nSPS) is 15.6. The maximum absolute atomic E-state index is 13.2. The molecule has 2 heterocycles. The molecule has 168 valence electrons. The van der Waals surface area contributed by atoms with Crippen LogP contribution in [-0.2, 0) is 4.79 Å².